The van der Waals surface area contributed by atoms with Crippen LogP contribution >= 0.6 is 11.6 Å². The van der Waals surface area contributed by atoms with Crippen LogP contribution in [0, 0.1) is 5.21 Å². The van der Waals surface area contributed by atoms with Gasteiger partial charge >= 0.3 is 0 Å². The van der Waals surface area contributed by atoms with Crippen LogP contribution in [0.1, 0.15) is 20.7 Å². The third-order valence-electron chi connectivity index (χ3n) is 2.87. The lowest BCUT2D eigenvalue weighted by molar-refractivity contribution is -0.605. The van der Waals surface area contributed by atoms with Crippen molar-refractivity contribution >= 4 is 23.4 Å². The monoisotopic (exact) mass is 319 g/mol. The predicted octanol–water partition coefficient (Wildman–Crippen LogP) is 1.13. The molecular formula is C15H14ClN3O3. The first-order chi connectivity index (χ1) is 10.6. The van der Waals surface area contributed by atoms with Gasteiger partial charge in [-0.05, 0) is 24.3 Å². The van der Waals surface area contributed by atoms with E-state index >= 15 is 0 Å². The van der Waals surface area contributed by atoms with Gasteiger partial charge in [0.05, 0.1) is 5.56 Å². The summed E-state index contributed by atoms with van der Waals surface area (Å²) in [6.45, 7) is 0.575. The summed E-state index contributed by atoms with van der Waals surface area (Å²) in [7, 11) is 0. The third-order valence-corrected chi connectivity index (χ3v) is 3.12. The average molecular weight is 320 g/mol. The Morgan fingerprint density at radius 1 is 0.909 bits per heavy atom. The Kier molecular flexibility index (Phi) is 5.32. The Morgan fingerprint density at radius 2 is 1.36 bits per heavy atom. The second-order valence-electron chi connectivity index (χ2n) is 4.47. The standard InChI is InChI=1S/C15H14ClN3O3/c16-13-3-1-11(2-4-13)14(20)17-7-8-18-15(21)12-5-9-19(22)10-6-12/h1-6,9-10H,7-8H2,(H,17,20)(H,18,21). The number of nitrogens with one attached hydrogen (secondary N) is 2. The molecule has 0 aliphatic heterocycles. The SMILES string of the molecule is O=C(NCCNC(=O)c1cc[n+]([O-])cc1)c1ccc(Cl)cc1. The van der Waals surface area contributed by atoms with Crippen LogP contribution in [0.2, 0.25) is 5.02 Å². The number of hydrogen-bond donors (Lipinski definition) is 2. The van der Waals surface area contributed by atoms with Gasteiger partial charge < -0.3 is 15.8 Å². The van der Waals surface area contributed by atoms with Gasteiger partial charge in [0.25, 0.3) is 11.8 Å². The smallest absolute Gasteiger partial charge is 0.251 e. The van der Waals surface area contributed by atoms with Crippen molar-refractivity contribution in [2.75, 3.05) is 13.1 Å². The molecule has 0 unspecified atom stereocenters. The maximum atomic E-state index is 11.8. The number of aromatic nitrogens is 1. The summed E-state index contributed by atoms with van der Waals surface area (Å²) in [5.41, 5.74) is 0.884. The van der Waals surface area contributed by atoms with Crippen molar-refractivity contribution in [3.05, 3.63) is 70.1 Å². The van der Waals surface area contributed by atoms with Gasteiger partial charge in [-0.3, -0.25) is 9.59 Å². The maximum Gasteiger partial charge on any atom is 0.251 e. The highest BCUT2D eigenvalue weighted by Crippen LogP contribution is 2.09. The lowest BCUT2D eigenvalue weighted by Gasteiger charge is -2.07. The Balaban J connectivity index is 1.74. The zero-order valence-corrected chi connectivity index (χ0v) is 12.3. The fourth-order valence-electron chi connectivity index (χ4n) is 1.72. The van der Waals surface area contributed by atoms with Gasteiger partial charge in [0.15, 0.2) is 12.4 Å². The molecule has 1 heterocycles. The van der Waals surface area contributed by atoms with Crippen molar-refractivity contribution in [3.8, 4) is 0 Å². The Morgan fingerprint density at radius 3 is 1.86 bits per heavy atom. The van der Waals surface area contributed by atoms with E-state index < -0.39 is 0 Å². The molecule has 0 radical (unpaired) electrons. The second-order valence-corrected chi connectivity index (χ2v) is 4.90. The molecule has 0 spiro atoms. The largest absolute Gasteiger partial charge is 0.619 e. The first kappa shape index (κ1) is 15.8. The summed E-state index contributed by atoms with van der Waals surface area (Å²) >= 11 is 5.75. The second kappa shape index (κ2) is 7.42. The average Bonchev–Trinajstić information content (AvgIpc) is 2.52. The quantitative estimate of drug-likeness (QED) is 0.492. The van der Waals surface area contributed by atoms with E-state index in [1.807, 2.05) is 0 Å². The van der Waals surface area contributed by atoms with E-state index in [0.29, 0.717) is 27.4 Å². The topological polar surface area (TPSA) is 85.1 Å². The van der Waals surface area contributed by atoms with Gasteiger partial charge in [-0.1, -0.05) is 11.6 Å². The molecule has 1 aromatic heterocycles. The number of nitrogens with zero attached hydrogens (tertiary/aromatic N) is 1. The summed E-state index contributed by atoms with van der Waals surface area (Å²) in [6, 6.07) is 9.37. The number of carbonyl (C=O) groups excluding carboxylic acids is 2. The van der Waals surface area contributed by atoms with Crippen molar-refractivity contribution in [2.45, 2.75) is 0 Å². The number of amides is 2. The molecule has 1 aromatic carbocycles. The van der Waals surface area contributed by atoms with Crippen LogP contribution in [0.15, 0.2) is 48.8 Å². The number of benzene rings is 1. The van der Waals surface area contributed by atoms with Crippen molar-refractivity contribution in [3.63, 3.8) is 0 Å². The van der Waals surface area contributed by atoms with Crippen molar-refractivity contribution < 1.29 is 14.3 Å². The molecule has 0 aliphatic rings. The molecule has 22 heavy (non-hydrogen) atoms. The Bertz CT molecular complexity index is 597. The van der Waals surface area contributed by atoms with E-state index in [1.165, 1.54) is 24.5 Å². The number of hydrogen-bond acceptors (Lipinski definition) is 3. The van der Waals surface area contributed by atoms with Crippen molar-refractivity contribution in [2.24, 2.45) is 0 Å². The van der Waals surface area contributed by atoms with E-state index in [-0.39, 0.29) is 18.4 Å². The summed E-state index contributed by atoms with van der Waals surface area (Å²) < 4.78 is 0.600. The van der Waals surface area contributed by atoms with Crippen LogP contribution in [0.5, 0.6) is 0 Å². The van der Waals surface area contributed by atoms with Gasteiger partial charge in [0, 0.05) is 35.8 Å². The minimum atomic E-state index is -0.304. The molecule has 0 fully saturated rings. The van der Waals surface area contributed by atoms with Crippen LogP contribution in [-0.4, -0.2) is 24.9 Å². The highest BCUT2D eigenvalue weighted by molar-refractivity contribution is 6.30. The number of pyridine rings is 1. The molecule has 0 saturated carbocycles. The third kappa shape index (κ3) is 4.46. The first-order valence-electron chi connectivity index (χ1n) is 6.57. The molecule has 2 N–H and O–H groups in total. The summed E-state index contributed by atoms with van der Waals surface area (Å²) in [4.78, 5) is 23.6. The number of halogens is 1. The molecule has 6 nitrogen and oxygen atoms in total. The van der Waals surface area contributed by atoms with Gasteiger partial charge in [0.1, 0.15) is 0 Å². The minimum absolute atomic E-state index is 0.238. The maximum absolute atomic E-state index is 11.8. The van der Waals surface area contributed by atoms with Crippen LogP contribution in [0.4, 0.5) is 0 Å². The molecule has 114 valence electrons. The minimum Gasteiger partial charge on any atom is -0.619 e. The van der Waals surface area contributed by atoms with Gasteiger partial charge in [-0.2, -0.15) is 4.73 Å². The molecule has 2 aromatic rings. The van der Waals surface area contributed by atoms with Crippen LogP contribution in [-0.2, 0) is 0 Å². The van der Waals surface area contributed by atoms with Gasteiger partial charge in [-0.25, -0.2) is 0 Å². The van der Waals surface area contributed by atoms with Crippen LogP contribution in [0.25, 0.3) is 0 Å². The number of rotatable bonds is 5. The van der Waals surface area contributed by atoms with E-state index in [9.17, 15) is 14.8 Å². The fraction of sp³-hybridized carbons (Fsp3) is 0.133. The molecule has 2 amide bonds. The summed E-state index contributed by atoms with van der Waals surface area (Å²) in [5, 5.41) is 16.8. The lowest BCUT2D eigenvalue weighted by atomic mass is 10.2. The van der Waals surface area contributed by atoms with E-state index in [2.05, 4.69) is 10.6 Å². The molecule has 0 bridgehead atoms. The Labute approximate surface area is 132 Å². The molecule has 2 rings (SSSR count). The van der Waals surface area contributed by atoms with Crippen LogP contribution < -0.4 is 15.4 Å². The first-order valence-corrected chi connectivity index (χ1v) is 6.95. The number of carbonyl (C=O) groups is 2. The zero-order valence-electron chi connectivity index (χ0n) is 11.6. The molecule has 7 heteroatoms. The van der Waals surface area contributed by atoms with E-state index in [1.54, 1.807) is 24.3 Å². The highest BCUT2D eigenvalue weighted by atomic mass is 35.5. The van der Waals surface area contributed by atoms with Gasteiger partial charge in [-0.15, -0.1) is 0 Å². The van der Waals surface area contributed by atoms with E-state index in [4.69, 9.17) is 11.6 Å². The van der Waals surface area contributed by atoms with Gasteiger partial charge in [0.2, 0.25) is 0 Å². The highest BCUT2D eigenvalue weighted by Gasteiger charge is 2.07. The van der Waals surface area contributed by atoms with Crippen molar-refractivity contribution in [1.29, 1.82) is 0 Å². The molecule has 0 aliphatic carbocycles. The normalized spacial score (nSPS) is 10.0. The summed E-state index contributed by atoms with van der Waals surface area (Å²) in [6.07, 6.45) is 2.49. The van der Waals surface area contributed by atoms with Crippen LogP contribution in [0.3, 0.4) is 0 Å². The molecule has 0 saturated heterocycles. The zero-order chi connectivity index (χ0) is 15.9. The summed E-state index contributed by atoms with van der Waals surface area (Å²) in [5.74, 6) is -0.542. The fourth-order valence-corrected chi connectivity index (χ4v) is 1.85. The Hall–Kier alpha value is -2.60. The lowest BCUT2D eigenvalue weighted by Crippen LogP contribution is -2.35. The van der Waals surface area contributed by atoms with Crippen molar-refractivity contribution in [1.82, 2.24) is 10.6 Å². The predicted molar refractivity (Wildman–Crippen MR) is 81.5 cm³/mol. The van der Waals surface area contributed by atoms with E-state index in [0.717, 1.165) is 0 Å². The molecule has 0 atom stereocenters. The molecular weight excluding hydrogens is 306 g/mol.